The second-order valence-corrected chi connectivity index (χ2v) is 3.39. The van der Waals surface area contributed by atoms with E-state index in [9.17, 15) is 4.79 Å². The lowest BCUT2D eigenvalue weighted by atomic mass is 10.1. The molecule has 2 heteroatoms. The van der Waals surface area contributed by atoms with E-state index in [2.05, 4.69) is 27.7 Å². The largest absolute Gasteiger partial charge is 0.481 e. The molecule has 0 fully saturated rings. The number of carboxylic acids is 1. The van der Waals surface area contributed by atoms with E-state index < -0.39 is 5.97 Å². The van der Waals surface area contributed by atoms with Crippen molar-refractivity contribution in [1.82, 2.24) is 0 Å². The highest BCUT2D eigenvalue weighted by molar-refractivity contribution is 5.66. The molecule has 0 aliphatic heterocycles. The number of rotatable bonds is 4. The van der Waals surface area contributed by atoms with Crippen LogP contribution in [0.15, 0.2) is 0 Å². The summed E-state index contributed by atoms with van der Waals surface area (Å²) in [6.45, 7) is 8.45. The van der Waals surface area contributed by atoms with Gasteiger partial charge in [-0.25, -0.2) is 0 Å². The summed E-state index contributed by atoms with van der Waals surface area (Å²) in [5.74, 6) is -0.0556. The second-order valence-electron chi connectivity index (χ2n) is 3.39. The van der Waals surface area contributed by atoms with Crippen molar-refractivity contribution >= 4 is 5.97 Å². The van der Waals surface area contributed by atoms with Crippen molar-refractivity contribution in [2.75, 3.05) is 0 Å². The SMILES string of the molecule is CC(C)CCCC(=O)O.CCC. The highest BCUT2D eigenvalue weighted by Gasteiger charge is 1.97. The Bertz CT molecular complexity index is 98.0. The van der Waals surface area contributed by atoms with Crippen molar-refractivity contribution in [1.29, 1.82) is 0 Å². The van der Waals surface area contributed by atoms with Gasteiger partial charge >= 0.3 is 5.97 Å². The molecule has 0 unspecified atom stereocenters. The van der Waals surface area contributed by atoms with E-state index in [1.165, 1.54) is 6.42 Å². The molecule has 0 saturated heterocycles. The maximum Gasteiger partial charge on any atom is 0.303 e. The van der Waals surface area contributed by atoms with E-state index in [1.54, 1.807) is 0 Å². The molecule has 0 radical (unpaired) electrons. The quantitative estimate of drug-likeness (QED) is 0.710. The third kappa shape index (κ3) is 22.7. The molecule has 12 heavy (non-hydrogen) atoms. The van der Waals surface area contributed by atoms with Gasteiger partial charge in [0.1, 0.15) is 0 Å². The van der Waals surface area contributed by atoms with Crippen LogP contribution in [-0.2, 0) is 4.79 Å². The van der Waals surface area contributed by atoms with E-state index in [1.807, 2.05) is 0 Å². The summed E-state index contributed by atoms with van der Waals surface area (Å²) in [5.41, 5.74) is 0. The summed E-state index contributed by atoms with van der Waals surface area (Å²) in [6.07, 6.45) is 3.40. The Hall–Kier alpha value is -0.530. The van der Waals surface area contributed by atoms with Gasteiger partial charge in [-0.05, 0) is 12.3 Å². The molecular weight excluding hydrogens is 152 g/mol. The lowest BCUT2D eigenvalue weighted by Gasteiger charge is -1.99. The number of carboxylic acid groups (broad SMARTS) is 1. The van der Waals surface area contributed by atoms with Crippen molar-refractivity contribution in [3.8, 4) is 0 Å². The van der Waals surface area contributed by atoms with E-state index in [0.717, 1.165) is 12.8 Å². The van der Waals surface area contributed by atoms with Crippen LogP contribution in [0.25, 0.3) is 0 Å². The smallest absolute Gasteiger partial charge is 0.303 e. The Kier molecular flexibility index (Phi) is 12.2. The topological polar surface area (TPSA) is 37.3 Å². The molecule has 0 spiro atoms. The summed E-state index contributed by atoms with van der Waals surface area (Å²) in [6, 6.07) is 0. The zero-order chi connectivity index (χ0) is 9.98. The molecule has 0 aromatic heterocycles. The Morgan fingerprint density at radius 2 is 1.75 bits per heavy atom. The molecular formula is C10H22O2. The molecule has 0 heterocycles. The fourth-order valence-electron chi connectivity index (χ4n) is 0.662. The molecule has 0 bridgehead atoms. The van der Waals surface area contributed by atoms with Gasteiger partial charge in [0.25, 0.3) is 0 Å². The molecule has 0 amide bonds. The van der Waals surface area contributed by atoms with Crippen molar-refractivity contribution < 1.29 is 9.90 Å². The van der Waals surface area contributed by atoms with Gasteiger partial charge in [0.05, 0.1) is 0 Å². The molecule has 0 aliphatic carbocycles. The lowest BCUT2D eigenvalue weighted by molar-refractivity contribution is -0.137. The number of hydrogen-bond acceptors (Lipinski definition) is 1. The molecule has 2 nitrogen and oxygen atoms in total. The van der Waals surface area contributed by atoms with Crippen molar-refractivity contribution in [2.24, 2.45) is 5.92 Å². The van der Waals surface area contributed by atoms with Gasteiger partial charge in [-0.2, -0.15) is 0 Å². The predicted octanol–water partition coefficient (Wildman–Crippen LogP) is 3.31. The fourth-order valence-corrected chi connectivity index (χ4v) is 0.662. The Labute approximate surface area is 76.0 Å². The Balaban J connectivity index is 0. The second kappa shape index (κ2) is 10.5. The minimum absolute atomic E-state index is 0.318. The first-order chi connectivity index (χ1) is 5.54. The third-order valence-corrected chi connectivity index (χ3v) is 1.17. The number of hydrogen-bond donors (Lipinski definition) is 1. The van der Waals surface area contributed by atoms with Gasteiger partial charge < -0.3 is 5.11 Å². The van der Waals surface area contributed by atoms with Gasteiger partial charge in [-0.15, -0.1) is 0 Å². The highest BCUT2D eigenvalue weighted by Crippen LogP contribution is 2.05. The van der Waals surface area contributed by atoms with Gasteiger partial charge in [0.2, 0.25) is 0 Å². The first-order valence-electron chi connectivity index (χ1n) is 4.76. The standard InChI is InChI=1S/C7H14O2.C3H8/c1-6(2)4-3-5-7(8)9;1-3-2/h6H,3-5H2,1-2H3,(H,8,9);3H2,1-2H3. The van der Waals surface area contributed by atoms with Gasteiger partial charge in [-0.1, -0.05) is 40.5 Å². The predicted molar refractivity (Wildman–Crippen MR) is 52.3 cm³/mol. The maximum atomic E-state index is 9.98. The normalized spacial score (nSPS) is 9.08. The van der Waals surface area contributed by atoms with Crippen LogP contribution in [0.3, 0.4) is 0 Å². The summed E-state index contributed by atoms with van der Waals surface area (Å²) >= 11 is 0. The Morgan fingerprint density at radius 3 is 2.00 bits per heavy atom. The van der Waals surface area contributed by atoms with Crippen molar-refractivity contribution in [2.45, 2.75) is 53.4 Å². The molecule has 0 saturated carbocycles. The molecule has 1 N–H and O–H groups in total. The summed E-state index contributed by atoms with van der Waals surface area (Å²) in [4.78, 5) is 9.98. The van der Waals surface area contributed by atoms with Crippen LogP contribution < -0.4 is 0 Å². The first-order valence-corrected chi connectivity index (χ1v) is 4.76. The van der Waals surface area contributed by atoms with E-state index in [-0.39, 0.29) is 0 Å². The average molecular weight is 174 g/mol. The zero-order valence-corrected chi connectivity index (χ0v) is 8.76. The van der Waals surface area contributed by atoms with Gasteiger partial charge in [0.15, 0.2) is 0 Å². The molecule has 74 valence electrons. The summed E-state index contributed by atoms with van der Waals surface area (Å²) < 4.78 is 0. The van der Waals surface area contributed by atoms with Crippen LogP contribution in [0.2, 0.25) is 0 Å². The molecule has 0 aromatic carbocycles. The van der Waals surface area contributed by atoms with Crippen LogP contribution >= 0.6 is 0 Å². The third-order valence-electron chi connectivity index (χ3n) is 1.17. The van der Waals surface area contributed by atoms with Gasteiger partial charge in [-0.3, -0.25) is 4.79 Å². The lowest BCUT2D eigenvalue weighted by Crippen LogP contribution is -1.95. The monoisotopic (exact) mass is 174 g/mol. The van der Waals surface area contributed by atoms with E-state index >= 15 is 0 Å². The molecule has 0 atom stereocenters. The number of aliphatic carboxylic acids is 1. The van der Waals surface area contributed by atoms with Crippen LogP contribution in [0.5, 0.6) is 0 Å². The number of carbonyl (C=O) groups is 1. The Morgan fingerprint density at radius 1 is 1.33 bits per heavy atom. The van der Waals surface area contributed by atoms with Crippen molar-refractivity contribution in [3.05, 3.63) is 0 Å². The summed E-state index contributed by atoms with van der Waals surface area (Å²) in [7, 11) is 0. The molecule has 0 rings (SSSR count). The molecule has 0 aromatic rings. The van der Waals surface area contributed by atoms with Gasteiger partial charge in [0, 0.05) is 6.42 Å². The summed E-state index contributed by atoms with van der Waals surface area (Å²) in [5, 5.41) is 8.23. The first kappa shape index (κ1) is 14.0. The van der Waals surface area contributed by atoms with Crippen LogP contribution in [0.1, 0.15) is 53.4 Å². The van der Waals surface area contributed by atoms with Crippen LogP contribution in [0.4, 0.5) is 0 Å². The molecule has 0 aliphatic rings. The minimum Gasteiger partial charge on any atom is -0.481 e. The van der Waals surface area contributed by atoms with Crippen molar-refractivity contribution in [3.63, 3.8) is 0 Å². The van der Waals surface area contributed by atoms with E-state index in [4.69, 9.17) is 5.11 Å². The van der Waals surface area contributed by atoms with E-state index in [0.29, 0.717) is 12.3 Å². The zero-order valence-electron chi connectivity index (χ0n) is 8.76. The highest BCUT2D eigenvalue weighted by atomic mass is 16.4. The fraction of sp³-hybridized carbons (Fsp3) is 0.900. The minimum atomic E-state index is -0.685. The van der Waals surface area contributed by atoms with Crippen LogP contribution in [-0.4, -0.2) is 11.1 Å². The van der Waals surface area contributed by atoms with Crippen LogP contribution in [0, 0.1) is 5.92 Å². The average Bonchev–Trinajstić information content (AvgIpc) is 1.87. The maximum absolute atomic E-state index is 9.98.